The van der Waals surface area contributed by atoms with Crippen LogP contribution in [0.3, 0.4) is 0 Å². The van der Waals surface area contributed by atoms with Gasteiger partial charge in [0, 0.05) is 22.6 Å². The molecule has 1 aliphatic heterocycles. The number of anilines is 1. The number of carbonyl (C=O) groups excluding carboxylic acids is 2. The molecule has 1 aliphatic rings. The zero-order valence-electron chi connectivity index (χ0n) is 16.8. The van der Waals surface area contributed by atoms with E-state index < -0.39 is 21.8 Å². The SMILES string of the molecule is Cc1ccc(Br)c(NS(=O)(=O)c2cccc(C(=O)N3C[C@@H](C(N)=O)CC[C@H]3C)c2)c1. The van der Waals surface area contributed by atoms with Crippen LogP contribution in [0.25, 0.3) is 0 Å². The summed E-state index contributed by atoms with van der Waals surface area (Å²) in [5.41, 5.74) is 6.99. The summed E-state index contributed by atoms with van der Waals surface area (Å²) in [7, 11) is -3.90. The van der Waals surface area contributed by atoms with Crippen molar-refractivity contribution in [3.63, 3.8) is 0 Å². The van der Waals surface area contributed by atoms with Crippen molar-refractivity contribution in [3.05, 3.63) is 58.1 Å². The van der Waals surface area contributed by atoms with Crippen LogP contribution >= 0.6 is 15.9 Å². The second kappa shape index (κ2) is 8.77. The van der Waals surface area contributed by atoms with Crippen molar-refractivity contribution in [3.8, 4) is 0 Å². The Morgan fingerprint density at radius 1 is 1.17 bits per heavy atom. The lowest BCUT2D eigenvalue weighted by molar-refractivity contribution is -0.123. The van der Waals surface area contributed by atoms with Crippen molar-refractivity contribution < 1.29 is 18.0 Å². The summed E-state index contributed by atoms with van der Waals surface area (Å²) in [6.45, 7) is 4.01. The van der Waals surface area contributed by atoms with Crippen LogP contribution in [0.1, 0.15) is 35.7 Å². The summed E-state index contributed by atoms with van der Waals surface area (Å²) >= 11 is 3.34. The Kier molecular flexibility index (Phi) is 6.52. The average Bonchev–Trinajstić information content (AvgIpc) is 2.70. The normalized spacial score (nSPS) is 19.4. The highest BCUT2D eigenvalue weighted by Gasteiger charge is 2.32. The Bertz CT molecular complexity index is 1090. The van der Waals surface area contributed by atoms with E-state index >= 15 is 0 Å². The van der Waals surface area contributed by atoms with Crippen molar-refractivity contribution >= 4 is 43.5 Å². The predicted molar refractivity (Wildman–Crippen MR) is 119 cm³/mol. The maximum Gasteiger partial charge on any atom is 0.261 e. The number of halogens is 1. The van der Waals surface area contributed by atoms with Crippen molar-refractivity contribution in [1.82, 2.24) is 4.90 Å². The van der Waals surface area contributed by atoms with E-state index in [9.17, 15) is 18.0 Å². The number of hydrogen-bond acceptors (Lipinski definition) is 4. The largest absolute Gasteiger partial charge is 0.369 e. The molecule has 1 heterocycles. The smallest absolute Gasteiger partial charge is 0.261 e. The lowest BCUT2D eigenvalue weighted by atomic mass is 9.92. The number of nitrogens with one attached hydrogen (secondary N) is 1. The number of nitrogens with two attached hydrogens (primary N) is 1. The third-order valence-electron chi connectivity index (χ3n) is 5.30. The van der Waals surface area contributed by atoms with E-state index in [4.69, 9.17) is 5.73 Å². The van der Waals surface area contributed by atoms with Crippen molar-refractivity contribution in [1.29, 1.82) is 0 Å². The number of piperidine rings is 1. The molecule has 2 aromatic rings. The number of aryl methyl sites for hydroxylation is 1. The zero-order valence-corrected chi connectivity index (χ0v) is 19.2. The standard InChI is InChI=1S/C21H24BrN3O4S/c1-13-6-9-18(22)19(10-13)24-30(28,29)17-5-3-4-15(11-17)21(27)25-12-16(20(23)26)8-7-14(25)2/h3-6,9-11,14,16,24H,7-8,12H2,1-2H3,(H2,23,26)/t14-,16+/m1/s1. The van der Waals surface area contributed by atoms with Gasteiger partial charge in [-0.1, -0.05) is 12.1 Å². The molecule has 9 heteroatoms. The van der Waals surface area contributed by atoms with Gasteiger partial charge < -0.3 is 10.6 Å². The summed E-state index contributed by atoms with van der Waals surface area (Å²) in [4.78, 5) is 26.2. The van der Waals surface area contributed by atoms with Gasteiger partial charge >= 0.3 is 0 Å². The van der Waals surface area contributed by atoms with Gasteiger partial charge in [0.15, 0.2) is 0 Å². The van der Waals surface area contributed by atoms with Gasteiger partial charge in [0.25, 0.3) is 15.9 Å². The molecule has 2 aromatic carbocycles. The van der Waals surface area contributed by atoms with Crippen LogP contribution in [-0.4, -0.2) is 37.7 Å². The zero-order chi connectivity index (χ0) is 22.1. The molecule has 0 aliphatic carbocycles. The van der Waals surface area contributed by atoms with Crippen LogP contribution in [-0.2, 0) is 14.8 Å². The van der Waals surface area contributed by atoms with Gasteiger partial charge in [-0.3, -0.25) is 14.3 Å². The number of likely N-dealkylation sites (tertiary alicyclic amines) is 1. The third kappa shape index (κ3) is 4.84. The topological polar surface area (TPSA) is 110 Å². The molecule has 0 saturated carbocycles. The highest BCUT2D eigenvalue weighted by atomic mass is 79.9. The van der Waals surface area contributed by atoms with E-state index in [0.717, 1.165) is 5.56 Å². The van der Waals surface area contributed by atoms with Crippen LogP contribution in [0.4, 0.5) is 5.69 Å². The van der Waals surface area contributed by atoms with Gasteiger partial charge in [-0.2, -0.15) is 0 Å². The van der Waals surface area contributed by atoms with Crippen LogP contribution < -0.4 is 10.5 Å². The number of benzene rings is 2. The summed E-state index contributed by atoms with van der Waals surface area (Å²) in [6, 6.07) is 11.2. The van der Waals surface area contributed by atoms with Crippen molar-refractivity contribution in [2.45, 2.75) is 37.6 Å². The minimum Gasteiger partial charge on any atom is -0.369 e. The first kappa shape index (κ1) is 22.3. The number of sulfonamides is 1. The second-order valence-corrected chi connectivity index (χ2v) is 10.1. The summed E-state index contributed by atoms with van der Waals surface area (Å²) in [6.07, 6.45) is 1.31. The number of hydrogen-bond donors (Lipinski definition) is 2. The van der Waals surface area contributed by atoms with Crippen LogP contribution in [0.5, 0.6) is 0 Å². The number of carbonyl (C=O) groups is 2. The first-order valence-corrected chi connectivity index (χ1v) is 11.9. The van der Waals surface area contributed by atoms with Crippen LogP contribution in [0, 0.1) is 12.8 Å². The fourth-order valence-corrected chi connectivity index (χ4v) is 5.10. The van der Waals surface area contributed by atoms with Gasteiger partial charge in [-0.05, 0) is 78.5 Å². The van der Waals surface area contributed by atoms with E-state index in [1.807, 2.05) is 19.9 Å². The maximum atomic E-state index is 13.1. The lowest BCUT2D eigenvalue weighted by Gasteiger charge is -2.37. The molecule has 0 radical (unpaired) electrons. The molecule has 7 nitrogen and oxygen atoms in total. The summed E-state index contributed by atoms with van der Waals surface area (Å²) in [5, 5.41) is 0. The minimum absolute atomic E-state index is 0.0159. The molecule has 1 saturated heterocycles. The molecule has 0 unspecified atom stereocenters. The summed E-state index contributed by atoms with van der Waals surface area (Å²) < 4.78 is 29.0. The average molecular weight is 494 g/mol. The molecule has 160 valence electrons. The fourth-order valence-electron chi connectivity index (χ4n) is 3.51. The highest BCUT2D eigenvalue weighted by Crippen LogP contribution is 2.27. The van der Waals surface area contributed by atoms with Gasteiger partial charge in [0.1, 0.15) is 0 Å². The number of primary amides is 1. The van der Waals surface area contributed by atoms with Gasteiger partial charge in [0.05, 0.1) is 16.5 Å². The number of amides is 2. The molecule has 0 bridgehead atoms. The van der Waals surface area contributed by atoms with Gasteiger partial charge in [-0.15, -0.1) is 0 Å². The van der Waals surface area contributed by atoms with E-state index in [2.05, 4.69) is 20.7 Å². The molecule has 3 N–H and O–H groups in total. The molecule has 2 amide bonds. The molecule has 2 atom stereocenters. The van der Waals surface area contributed by atoms with Gasteiger partial charge in [-0.25, -0.2) is 8.42 Å². The molecule has 1 fully saturated rings. The number of nitrogens with zero attached hydrogens (tertiary/aromatic N) is 1. The maximum absolute atomic E-state index is 13.1. The Morgan fingerprint density at radius 3 is 2.60 bits per heavy atom. The molecular weight excluding hydrogens is 470 g/mol. The monoisotopic (exact) mass is 493 g/mol. The summed E-state index contributed by atoms with van der Waals surface area (Å²) in [5.74, 6) is -1.14. The van der Waals surface area contributed by atoms with E-state index in [0.29, 0.717) is 23.0 Å². The van der Waals surface area contributed by atoms with E-state index in [-0.39, 0.29) is 29.0 Å². The first-order chi connectivity index (χ1) is 14.1. The lowest BCUT2D eigenvalue weighted by Crippen LogP contribution is -2.48. The predicted octanol–water partition coefficient (Wildman–Crippen LogP) is 3.28. The van der Waals surface area contributed by atoms with E-state index in [1.54, 1.807) is 23.1 Å². The van der Waals surface area contributed by atoms with Crippen LogP contribution in [0.2, 0.25) is 0 Å². The van der Waals surface area contributed by atoms with Crippen molar-refractivity contribution in [2.24, 2.45) is 11.7 Å². The third-order valence-corrected chi connectivity index (χ3v) is 7.36. The Labute approximate surface area is 184 Å². The number of rotatable bonds is 5. The molecule has 30 heavy (non-hydrogen) atoms. The van der Waals surface area contributed by atoms with E-state index in [1.165, 1.54) is 18.2 Å². The molecule has 0 aromatic heterocycles. The Morgan fingerprint density at radius 2 is 1.90 bits per heavy atom. The Hall–Kier alpha value is -2.39. The van der Waals surface area contributed by atoms with Gasteiger partial charge in [0.2, 0.25) is 5.91 Å². The fraction of sp³-hybridized carbons (Fsp3) is 0.333. The second-order valence-electron chi connectivity index (χ2n) is 7.60. The van der Waals surface area contributed by atoms with Crippen molar-refractivity contribution in [2.75, 3.05) is 11.3 Å². The quantitative estimate of drug-likeness (QED) is 0.665. The minimum atomic E-state index is -3.90. The molecule has 0 spiro atoms. The molecular formula is C21H24BrN3O4S. The Balaban J connectivity index is 1.87. The first-order valence-electron chi connectivity index (χ1n) is 9.58. The van der Waals surface area contributed by atoms with Crippen LogP contribution in [0.15, 0.2) is 51.8 Å². The highest BCUT2D eigenvalue weighted by molar-refractivity contribution is 9.10. The molecule has 3 rings (SSSR count).